The largest absolute Gasteiger partial charge is 0.475 e. The lowest BCUT2D eigenvalue weighted by Crippen LogP contribution is -2.40. The summed E-state index contributed by atoms with van der Waals surface area (Å²) in [4.78, 5) is 22.1. The number of aromatic carboxylic acids is 1. The zero-order valence-electron chi connectivity index (χ0n) is 12.1. The van der Waals surface area contributed by atoms with Gasteiger partial charge in [-0.15, -0.1) is 5.10 Å². The molecule has 22 heavy (non-hydrogen) atoms. The minimum Gasteiger partial charge on any atom is -0.475 e. The van der Waals surface area contributed by atoms with Gasteiger partial charge in [-0.05, 0) is 25.0 Å². The Morgan fingerprint density at radius 2 is 2.09 bits per heavy atom. The van der Waals surface area contributed by atoms with Crippen LogP contribution in [0.1, 0.15) is 48.5 Å². The van der Waals surface area contributed by atoms with Crippen molar-refractivity contribution in [3.8, 4) is 5.69 Å². The van der Waals surface area contributed by atoms with Gasteiger partial charge in [0, 0.05) is 12.2 Å². The van der Waals surface area contributed by atoms with Crippen LogP contribution in [-0.2, 0) is 6.54 Å². The Labute approximate surface area is 127 Å². The molecule has 0 atom stereocenters. The molecule has 2 aliphatic rings. The van der Waals surface area contributed by atoms with Crippen LogP contribution in [0.2, 0.25) is 0 Å². The van der Waals surface area contributed by atoms with Crippen molar-refractivity contribution in [1.82, 2.24) is 19.7 Å². The molecular formula is C15H17N5O2. The van der Waals surface area contributed by atoms with Crippen LogP contribution in [0.5, 0.6) is 0 Å². The lowest BCUT2D eigenvalue weighted by molar-refractivity contribution is 0.0683. The number of hydrogen-bond donors (Lipinski definition) is 1. The number of hydrogen-bond acceptors (Lipinski definition) is 5. The van der Waals surface area contributed by atoms with E-state index in [1.807, 2.05) is 12.1 Å². The normalized spacial score (nSPS) is 17.9. The van der Waals surface area contributed by atoms with E-state index in [-0.39, 0.29) is 5.82 Å². The summed E-state index contributed by atoms with van der Waals surface area (Å²) in [5.74, 6) is 0.291. The molecule has 0 saturated heterocycles. The summed E-state index contributed by atoms with van der Waals surface area (Å²) in [6.45, 7) is 0.564. The third-order valence-electron chi connectivity index (χ3n) is 4.46. The molecule has 0 amide bonds. The lowest BCUT2D eigenvalue weighted by Gasteiger charge is -2.38. The Balaban J connectivity index is 1.79. The van der Waals surface area contributed by atoms with Gasteiger partial charge in [-0.1, -0.05) is 19.3 Å². The van der Waals surface area contributed by atoms with E-state index in [1.54, 1.807) is 10.9 Å². The molecule has 1 aliphatic carbocycles. The molecular weight excluding hydrogens is 282 g/mol. The van der Waals surface area contributed by atoms with E-state index in [0.29, 0.717) is 18.4 Å². The number of carbonyl (C=O) groups is 1. The third-order valence-corrected chi connectivity index (χ3v) is 4.46. The van der Waals surface area contributed by atoms with Gasteiger partial charge in [0.15, 0.2) is 11.6 Å². The highest BCUT2D eigenvalue weighted by Crippen LogP contribution is 2.34. The Kier molecular flexibility index (Phi) is 3.06. The maximum Gasteiger partial charge on any atom is 0.375 e. The molecule has 4 rings (SSSR count). The molecule has 1 N–H and O–H groups in total. The topological polar surface area (TPSA) is 84.1 Å². The van der Waals surface area contributed by atoms with E-state index in [2.05, 4.69) is 20.0 Å². The SMILES string of the molecule is O=C(O)c1nc2n(n1)-c1cccnc1N(C1CCCCC1)C2. The molecule has 1 saturated carbocycles. The Hall–Kier alpha value is -2.44. The number of aromatic nitrogens is 4. The van der Waals surface area contributed by atoms with Crippen LogP contribution in [0.4, 0.5) is 5.82 Å². The van der Waals surface area contributed by atoms with Crippen LogP contribution in [0, 0.1) is 0 Å². The van der Waals surface area contributed by atoms with E-state index in [9.17, 15) is 4.79 Å². The highest BCUT2D eigenvalue weighted by molar-refractivity contribution is 5.83. The summed E-state index contributed by atoms with van der Waals surface area (Å²) < 4.78 is 1.62. The van der Waals surface area contributed by atoms with Gasteiger partial charge in [0.2, 0.25) is 0 Å². The van der Waals surface area contributed by atoms with Gasteiger partial charge in [-0.2, -0.15) is 0 Å². The maximum atomic E-state index is 11.1. The zero-order chi connectivity index (χ0) is 15.1. The molecule has 0 unspecified atom stereocenters. The summed E-state index contributed by atoms with van der Waals surface area (Å²) in [5.41, 5.74) is 0.814. The predicted octanol–water partition coefficient (Wildman–Crippen LogP) is 2.01. The van der Waals surface area contributed by atoms with Gasteiger partial charge < -0.3 is 10.0 Å². The molecule has 0 spiro atoms. The lowest BCUT2D eigenvalue weighted by atomic mass is 9.93. The van der Waals surface area contributed by atoms with Crippen LogP contribution in [0.25, 0.3) is 5.69 Å². The van der Waals surface area contributed by atoms with Gasteiger partial charge in [-0.25, -0.2) is 19.4 Å². The Morgan fingerprint density at radius 1 is 1.27 bits per heavy atom. The van der Waals surface area contributed by atoms with Crippen molar-refractivity contribution in [3.05, 3.63) is 30.0 Å². The quantitative estimate of drug-likeness (QED) is 0.913. The molecule has 114 valence electrons. The van der Waals surface area contributed by atoms with E-state index in [4.69, 9.17) is 5.11 Å². The van der Waals surface area contributed by atoms with Crippen molar-refractivity contribution in [2.45, 2.75) is 44.7 Å². The second-order valence-electron chi connectivity index (χ2n) is 5.83. The second kappa shape index (κ2) is 5.08. The van der Waals surface area contributed by atoms with Crippen molar-refractivity contribution in [2.75, 3.05) is 4.90 Å². The molecule has 0 aromatic carbocycles. The number of rotatable bonds is 2. The fourth-order valence-corrected chi connectivity index (χ4v) is 3.43. The second-order valence-corrected chi connectivity index (χ2v) is 5.83. The highest BCUT2D eigenvalue weighted by atomic mass is 16.4. The number of anilines is 1. The van der Waals surface area contributed by atoms with Gasteiger partial charge in [-0.3, -0.25) is 0 Å². The van der Waals surface area contributed by atoms with Crippen molar-refractivity contribution in [1.29, 1.82) is 0 Å². The summed E-state index contributed by atoms with van der Waals surface area (Å²) in [5, 5.41) is 13.2. The fourth-order valence-electron chi connectivity index (χ4n) is 3.43. The van der Waals surface area contributed by atoms with Gasteiger partial charge >= 0.3 is 5.97 Å². The number of pyridine rings is 1. The van der Waals surface area contributed by atoms with E-state index >= 15 is 0 Å². The molecule has 1 fully saturated rings. The van der Waals surface area contributed by atoms with Crippen molar-refractivity contribution in [2.24, 2.45) is 0 Å². The zero-order valence-corrected chi connectivity index (χ0v) is 12.1. The molecule has 7 nitrogen and oxygen atoms in total. The van der Waals surface area contributed by atoms with Crippen molar-refractivity contribution in [3.63, 3.8) is 0 Å². The number of fused-ring (bicyclic) bond motifs is 3. The molecule has 0 bridgehead atoms. The Bertz CT molecular complexity index is 720. The molecule has 1 aliphatic heterocycles. The minimum atomic E-state index is -1.10. The van der Waals surface area contributed by atoms with E-state index in [0.717, 1.165) is 24.3 Å². The first-order valence-corrected chi connectivity index (χ1v) is 7.65. The van der Waals surface area contributed by atoms with Crippen molar-refractivity contribution < 1.29 is 9.90 Å². The summed E-state index contributed by atoms with van der Waals surface area (Å²) in [6.07, 6.45) is 7.83. The monoisotopic (exact) mass is 299 g/mol. The highest BCUT2D eigenvalue weighted by Gasteiger charge is 2.32. The molecule has 3 heterocycles. The third kappa shape index (κ3) is 2.04. The summed E-state index contributed by atoms with van der Waals surface area (Å²) in [6, 6.07) is 4.21. The Morgan fingerprint density at radius 3 is 2.86 bits per heavy atom. The molecule has 0 radical (unpaired) electrons. The fraction of sp³-hybridized carbons (Fsp3) is 0.467. The van der Waals surface area contributed by atoms with Crippen LogP contribution in [-0.4, -0.2) is 36.9 Å². The minimum absolute atomic E-state index is 0.157. The molecule has 2 aromatic heterocycles. The van der Waals surface area contributed by atoms with Crippen LogP contribution < -0.4 is 4.90 Å². The van der Waals surface area contributed by atoms with E-state index in [1.165, 1.54) is 19.3 Å². The van der Waals surface area contributed by atoms with Crippen LogP contribution >= 0.6 is 0 Å². The van der Waals surface area contributed by atoms with Gasteiger partial charge in [0.05, 0.1) is 6.54 Å². The number of carboxylic acids is 1. The van der Waals surface area contributed by atoms with E-state index < -0.39 is 5.97 Å². The number of nitrogens with zero attached hydrogens (tertiary/aromatic N) is 5. The summed E-state index contributed by atoms with van der Waals surface area (Å²) in [7, 11) is 0. The first-order valence-electron chi connectivity index (χ1n) is 7.65. The molecule has 7 heteroatoms. The predicted molar refractivity (Wildman–Crippen MR) is 79.2 cm³/mol. The van der Waals surface area contributed by atoms with Crippen LogP contribution in [0.3, 0.4) is 0 Å². The number of carboxylic acid groups (broad SMARTS) is 1. The van der Waals surface area contributed by atoms with Gasteiger partial charge in [0.1, 0.15) is 5.69 Å². The summed E-state index contributed by atoms with van der Waals surface area (Å²) >= 11 is 0. The molecule has 2 aromatic rings. The average Bonchev–Trinajstić information content (AvgIpc) is 2.99. The maximum absolute atomic E-state index is 11.1. The van der Waals surface area contributed by atoms with Crippen LogP contribution in [0.15, 0.2) is 18.3 Å². The van der Waals surface area contributed by atoms with Gasteiger partial charge in [0.25, 0.3) is 5.82 Å². The first-order chi connectivity index (χ1) is 10.7. The smallest absolute Gasteiger partial charge is 0.375 e. The standard InChI is InChI=1S/C15H17N5O2/c21-15(22)13-17-12-9-19(10-5-2-1-3-6-10)14-11(20(12)18-13)7-4-8-16-14/h4,7-8,10H,1-3,5-6,9H2,(H,21,22). The first kappa shape index (κ1) is 13.2. The average molecular weight is 299 g/mol. The van der Waals surface area contributed by atoms with Crippen molar-refractivity contribution >= 4 is 11.8 Å².